The van der Waals surface area contributed by atoms with Gasteiger partial charge in [0.15, 0.2) is 19.7 Å². The van der Waals surface area contributed by atoms with Crippen LogP contribution in [-0.4, -0.2) is 65.0 Å². The zero-order valence-corrected chi connectivity index (χ0v) is 37.7. The molecule has 6 aromatic rings. The number of hydrogen-bond acceptors (Lipinski definition) is 15. The minimum atomic E-state index is -3.96. The summed E-state index contributed by atoms with van der Waals surface area (Å²) in [5, 5.41) is 11.4. The fourth-order valence-corrected chi connectivity index (χ4v) is 10.3. The molecule has 0 saturated heterocycles. The number of anilines is 1. The van der Waals surface area contributed by atoms with Gasteiger partial charge >= 0.3 is 0 Å². The maximum absolute atomic E-state index is 12.7. The molecule has 0 aliphatic rings. The summed E-state index contributed by atoms with van der Waals surface area (Å²) in [7, 11) is -15.2. The van der Waals surface area contributed by atoms with Crippen molar-refractivity contribution in [1.82, 2.24) is 0 Å². The van der Waals surface area contributed by atoms with Gasteiger partial charge in [-0.05, 0) is 98.3 Å². The molecule has 6 rings (SSSR count). The summed E-state index contributed by atoms with van der Waals surface area (Å²) in [6.45, 7) is 2.97. The van der Waals surface area contributed by atoms with E-state index in [2.05, 4.69) is 0 Å². The van der Waals surface area contributed by atoms with Crippen molar-refractivity contribution in [2.75, 3.05) is 32.2 Å². The van der Waals surface area contributed by atoms with Gasteiger partial charge in [0.25, 0.3) is 25.9 Å². The second-order valence-corrected chi connectivity index (χ2v) is 21.1. The number of sulfone groups is 2. The summed E-state index contributed by atoms with van der Waals surface area (Å²) >= 11 is 0. The van der Waals surface area contributed by atoms with Crippen molar-refractivity contribution in [2.24, 2.45) is 0 Å². The smallest absolute Gasteiger partial charge is 0.297 e. The molecule has 0 aliphatic heterocycles. The van der Waals surface area contributed by atoms with E-state index in [0.717, 1.165) is 17.2 Å². The van der Waals surface area contributed by atoms with Crippen molar-refractivity contribution in [1.29, 1.82) is 0 Å². The van der Waals surface area contributed by atoms with Crippen LogP contribution >= 0.6 is 0 Å². The van der Waals surface area contributed by atoms with Crippen molar-refractivity contribution >= 4 is 51.3 Å². The average Bonchev–Trinajstić information content (AvgIpc) is 3.26. The molecule has 0 aliphatic carbocycles. The number of nitrogen functional groups attached to an aromatic ring is 1. The Hall–Kier alpha value is -6.16. The highest BCUT2D eigenvalue weighted by atomic mass is 32.2. The SMILES string of the molecule is C.Cc1ccc(S(=O)(=O)OCCOc2ccc(N)c(CS(=O)(=O)c3ccccc3)c2)cc1.Cc1ccc(S(=O)(=O)OCCOc2ccc([N+](=O)[O-])c(CS(=O)(=O)c3ccccc3)c2)cc1. The Morgan fingerprint density at radius 2 is 0.877 bits per heavy atom. The van der Waals surface area contributed by atoms with E-state index in [9.17, 15) is 43.8 Å². The van der Waals surface area contributed by atoms with Crippen LogP contribution in [-0.2, 0) is 59.8 Å². The Balaban J connectivity index is 0.000000281. The van der Waals surface area contributed by atoms with Crippen molar-refractivity contribution in [2.45, 2.75) is 52.4 Å². The van der Waals surface area contributed by atoms with E-state index < -0.39 is 50.6 Å². The highest BCUT2D eigenvalue weighted by Crippen LogP contribution is 2.29. The summed E-state index contributed by atoms with van der Waals surface area (Å²) < 4.78 is 120. The molecule has 0 spiro atoms. The van der Waals surface area contributed by atoms with Gasteiger partial charge in [-0.15, -0.1) is 0 Å². The number of nitro groups is 1. The molecule has 6 aromatic carbocycles. The van der Waals surface area contributed by atoms with Crippen LogP contribution < -0.4 is 15.2 Å². The van der Waals surface area contributed by atoms with Crippen molar-refractivity contribution in [3.05, 3.63) is 178 Å². The summed E-state index contributed by atoms with van der Waals surface area (Å²) in [5.74, 6) is -0.361. The molecule has 65 heavy (non-hydrogen) atoms. The highest BCUT2D eigenvalue weighted by molar-refractivity contribution is 7.91. The first-order chi connectivity index (χ1) is 30.3. The van der Waals surface area contributed by atoms with Gasteiger partial charge in [0.05, 0.1) is 36.0 Å². The molecule has 0 bridgehead atoms. The van der Waals surface area contributed by atoms with Gasteiger partial charge in [0.2, 0.25) is 0 Å². The topological polar surface area (TPSA) is 243 Å². The maximum atomic E-state index is 12.7. The quantitative estimate of drug-likeness (QED) is 0.0270. The third-order valence-corrected chi connectivity index (χ3v) is 15.1. The summed E-state index contributed by atoms with van der Waals surface area (Å²) in [6.07, 6.45) is 0. The fraction of sp³-hybridized carbons (Fsp3) is 0.200. The predicted octanol–water partition coefficient (Wildman–Crippen LogP) is 7.63. The normalized spacial score (nSPS) is 11.7. The number of ether oxygens (including phenoxy) is 2. The van der Waals surface area contributed by atoms with Crippen LogP contribution in [0, 0.1) is 24.0 Å². The van der Waals surface area contributed by atoms with E-state index in [1.165, 1.54) is 66.7 Å². The van der Waals surface area contributed by atoms with E-state index in [-0.39, 0.29) is 76.2 Å². The molecule has 2 N–H and O–H groups in total. The molecule has 0 unspecified atom stereocenters. The van der Waals surface area contributed by atoms with Gasteiger partial charge in [-0.1, -0.05) is 79.2 Å². The minimum absolute atomic E-state index is 0. The second kappa shape index (κ2) is 22.6. The first kappa shape index (κ1) is 51.5. The lowest BCUT2D eigenvalue weighted by molar-refractivity contribution is -0.385. The van der Waals surface area contributed by atoms with Crippen LogP contribution in [0.2, 0.25) is 0 Å². The first-order valence-electron chi connectivity index (χ1n) is 19.1. The molecule has 0 saturated carbocycles. The molecule has 16 nitrogen and oxygen atoms in total. The molecular formula is C45H48N2O14S4. The predicted molar refractivity (Wildman–Crippen MR) is 245 cm³/mol. The minimum Gasteiger partial charge on any atom is -0.491 e. The Morgan fingerprint density at radius 1 is 0.492 bits per heavy atom. The van der Waals surface area contributed by atoms with E-state index in [1.807, 2.05) is 13.8 Å². The molecule has 346 valence electrons. The Morgan fingerprint density at radius 3 is 1.29 bits per heavy atom. The maximum Gasteiger partial charge on any atom is 0.297 e. The fourth-order valence-electron chi connectivity index (χ4n) is 5.73. The van der Waals surface area contributed by atoms with E-state index in [0.29, 0.717) is 17.0 Å². The van der Waals surface area contributed by atoms with Gasteiger partial charge in [-0.2, -0.15) is 16.8 Å². The average molecular weight is 969 g/mol. The third-order valence-electron chi connectivity index (χ3n) is 9.06. The van der Waals surface area contributed by atoms with Gasteiger partial charge in [-0.25, -0.2) is 16.8 Å². The van der Waals surface area contributed by atoms with Crippen LogP contribution in [0.5, 0.6) is 11.5 Å². The highest BCUT2D eigenvalue weighted by Gasteiger charge is 2.23. The lowest BCUT2D eigenvalue weighted by Gasteiger charge is -2.11. The van der Waals surface area contributed by atoms with Gasteiger partial charge < -0.3 is 15.2 Å². The Bertz CT molecular complexity index is 2990. The standard InChI is InChI=1S/C22H21NO8S2.C22H23NO6S2.CH4/c1-17-7-10-21(11-8-17)33(28,29)31-14-13-30-19-9-12-22(23(24)25)18(15-19)16-32(26,27)20-5-3-2-4-6-20;1-17-7-10-21(11-8-17)31(26,27)29-14-13-28-19-9-12-22(23)18(15-19)16-30(24,25)20-5-3-2-4-6-20;/h2-12,15H,13-14,16H2,1H3;2-12,15H,13-14,16,23H2,1H3;1H4. The van der Waals surface area contributed by atoms with Crippen LogP contribution in [0.4, 0.5) is 11.4 Å². The third kappa shape index (κ3) is 14.9. The van der Waals surface area contributed by atoms with Crippen molar-refractivity contribution in [3.63, 3.8) is 0 Å². The lowest BCUT2D eigenvalue weighted by Crippen LogP contribution is -2.13. The van der Waals surface area contributed by atoms with Crippen LogP contribution in [0.25, 0.3) is 0 Å². The van der Waals surface area contributed by atoms with E-state index >= 15 is 0 Å². The molecule has 20 heteroatoms. The number of rotatable bonds is 19. The van der Waals surface area contributed by atoms with Crippen molar-refractivity contribution in [3.8, 4) is 11.5 Å². The molecule has 0 heterocycles. The van der Waals surface area contributed by atoms with Crippen LogP contribution in [0.3, 0.4) is 0 Å². The number of benzene rings is 6. The van der Waals surface area contributed by atoms with Gasteiger partial charge in [0, 0.05) is 17.3 Å². The molecule has 0 atom stereocenters. The number of nitrogens with zero attached hydrogens (tertiary/aromatic N) is 1. The Labute approximate surface area is 379 Å². The van der Waals surface area contributed by atoms with Crippen molar-refractivity contribution < 1.29 is 56.4 Å². The summed E-state index contributed by atoms with van der Waals surface area (Å²) in [6, 6.07) is 36.6. The molecule has 0 amide bonds. The van der Waals surface area contributed by atoms with E-state index in [1.54, 1.807) is 72.8 Å². The Kier molecular flexibility index (Phi) is 17.9. The monoisotopic (exact) mass is 968 g/mol. The number of hydrogen-bond donors (Lipinski definition) is 1. The lowest BCUT2D eigenvalue weighted by atomic mass is 10.2. The van der Waals surface area contributed by atoms with Crippen LogP contribution in [0.1, 0.15) is 29.7 Å². The molecule has 0 radical (unpaired) electrons. The summed E-state index contributed by atoms with van der Waals surface area (Å²) in [4.78, 5) is 11.0. The van der Waals surface area contributed by atoms with E-state index in [4.69, 9.17) is 23.6 Å². The largest absolute Gasteiger partial charge is 0.491 e. The molecule has 0 fully saturated rings. The second-order valence-electron chi connectivity index (χ2n) is 13.9. The van der Waals surface area contributed by atoms with Gasteiger partial charge in [-0.3, -0.25) is 18.5 Å². The number of nitro benzene ring substituents is 1. The zero-order valence-electron chi connectivity index (χ0n) is 34.5. The first-order valence-corrected chi connectivity index (χ1v) is 25.3. The number of aryl methyl sites for hydroxylation is 2. The van der Waals surface area contributed by atoms with Gasteiger partial charge in [0.1, 0.15) is 37.9 Å². The molecular weight excluding hydrogens is 921 g/mol. The molecule has 0 aromatic heterocycles. The van der Waals surface area contributed by atoms with Crippen LogP contribution in [0.15, 0.2) is 165 Å². The zero-order chi connectivity index (χ0) is 46.5. The summed E-state index contributed by atoms with van der Waals surface area (Å²) in [5.41, 5.74) is 8.10. The number of nitrogens with two attached hydrogens (primary N) is 1.